The number of likely N-dealkylation sites (tertiary alicyclic amines) is 1. The highest BCUT2D eigenvalue weighted by molar-refractivity contribution is 5.78. The van der Waals surface area contributed by atoms with Crippen LogP contribution in [0.25, 0.3) is 0 Å². The Kier molecular flexibility index (Phi) is 3.29. The second-order valence-corrected chi connectivity index (χ2v) is 4.83. The molecule has 0 radical (unpaired) electrons. The second kappa shape index (κ2) is 5.09. The molecule has 2 bridgehead atoms. The van der Waals surface area contributed by atoms with Crippen LogP contribution in [-0.4, -0.2) is 49.8 Å². The van der Waals surface area contributed by atoms with E-state index in [0.717, 1.165) is 6.42 Å². The maximum Gasteiger partial charge on any atom is 0.260 e. The number of methoxy groups -OCH3 is 1. The van der Waals surface area contributed by atoms with Crippen molar-refractivity contribution in [2.75, 3.05) is 26.9 Å². The highest BCUT2D eigenvalue weighted by Gasteiger charge is 2.41. The Labute approximate surface area is 112 Å². The van der Waals surface area contributed by atoms with Gasteiger partial charge in [-0.25, -0.2) is 0 Å². The first-order valence-corrected chi connectivity index (χ1v) is 6.45. The van der Waals surface area contributed by atoms with Crippen LogP contribution in [0.15, 0.2) is 24.3 Å². The standard InChI is InChI=1S/C14H17NO4/c1-17-12-4-2-3-5-13(12)19-9-14(16)15-7-11-6-10(15)8-18-11/h2-5,10-11H,6-9H2,1H3. The molecule has 3 rings (SSSR count). The molecule has 2 heterocycles. The number of para-hydroxylation sites is 2. The van der Waals surface area contributed by atoms with Crippen LogP contribution in [0, 0.1) is 0 Å². The Morgan fingerprint density at radius 3 is 2.84 bits per heavy atom. The first-order chi connectivity index (χ1) is 9.28. The molecule has 0 aliphatic carbocycles. The van der Waals surface area contributed by atoms with E-state index in [4.69, 9.17) is 14.2 Å². The molecule has 1 aromatic carbocycles. The van der Waals surface area contributed by atoms with Gasteiger partial charge in [-0.05, 0) is 18.6 Å². The summed E-state index contributed by atoms with van der Waals surface area (Å²) < 4.78 is 16.2. The van der Waals surface area contributed by atoms with Crippen LogP contribution in [0.4, 0.5) is 0 Å². The number of fused-ring (bicyclic) bond motifs is 2. The van der Waals surface area contributed by atoms with Gasteiger partial charge in [0.1, 0.15) is 0 Å². The predicted molar refractivity (Wildman–Crippen MR) is 68.3 cm³/mol. The van der Waals surface area contributed by atoms with E-state index in [1.807, 2.05) is 23.1 Å². The van der Waals surface area contributed by atoms with Gasteiger partial charge in [0.15, 0.2) is 18.1 Å². The zero-order valence-corrected chi connectivity index (χ0v) is 10.9. The fourth-order valence-corrected chi connectivity index (χ4v) is 2.67. The van der Waals surface area contributed by atoms with Gasteiger partial charge >= 0.3 is 0 Å². The summed E-state index contributed by atoms with van der Waals surface area (Å²) in [7, 11) is 1.58. The fraction of sp³-hybridized carbons (Fsp3) is 0.500. The summed E-state index contributed by atoms with van der Waals surface area (Å²) in [5, 5.41) is 0. The van der Waals surface area contributed by atoms with Crippen molar-refractivity contribution in [2.24, 2.45) is 0 Å². The maximum atomic E-state index is 12.1. The topological polar surface area (TPSA) is 48.0 Å². The van der Waals surface area contributed by atoms with Crippen molar-refractivity contribution >= 4 is 5.91 Å². The van der Waals surface area contributed by atoms with Gasteiger partial charge < -0.3 is 19.1 Å². The highest BCUT2D eigenvalue weighted by Crippen LogP contribution is 2.29. The molecule has 2 aliphatic rings. The van der Waals surface area contributed by atoms with Gasteiger partial charge in [0, 0.05) is 6.54 Å². The molecule has 2 atom stereocenters. The van der Waals surface area contributed by atoms with Crippen LogP contribution in [0.1, 0.15) is 6.42 Å². The van der Waals surface area contributed by atoms with Gasteiger partial charge in [0.05, 0.1) is 25.9 Å². The minimum absolute atomic E-state index is 0.0155. The Hall–Kier alpha value is -1.75. The van der Waals surface area contributed by atoms with Crippen molar-refractivity contribution in [3.63, 3.8) is 0 Å². The van der Waals surface area contributed by atoms with E-state index in [1.54, 1.807) is 13.2 Å². The fourth-order valence-electron chi connectivity index (χ4n) is 2.67. The first kappa shape index (κ1) is 12.3. The number of carbonyl (C=O) groups excluding carboxylic acids is 1. The molecular weight excluding hydrogens is 246 g/mol. The summed E-state index contributed by atoms with van der Waals surface area (Å²) in [6.07, 6.45) is 1.18. The number of benzene rings is 1. The lowest BCUT2D eigenvalue weighted by molar-refractivity contribution is -0.137. The van der Waals surface area contributed by atoms with Gasteiger partial charge in [-0.3, -0.25) is 4.79 Å². The van der Waals surface area contributed by atoms with Crippen LogP contribution < -0.4 is 9.47 Å². The van der Waals surface area contributed by atoms with Gasteiger partial charge in [0.2, 0.25) is 0 Å². The zero-order chi connectivity index (χ0) is 13.2. The van der Waals surface area contributed by atoms with Gasteiger partial charge in [0.25, 0.3) is 5.91 Å². The van der Waals surface area contributed by atoms with Gasteiger partial charge in [-0.1, -0.05) is 12.1 Å². The average Bonchev–Trinajstić information content (AvgIpc) is 3.07. The molecule has 2 saturated heterocycles. The average molecular weight is 263 g/mol. The van der Waals surface area contributed by atoms with Crippen molar-refractivity contribution in [1.82, 2.24) is 4.90 Å². The van der Waals surface area contributed by atoms with Crippen molar-refractivity contribution in [3.05, 3.63) is 24.3 Å². The number of rotatable bonds is 4. The predicted octanol–water partition coefficient (Wildman–Crippen LogP) is 1.07. The van der Waals surface area contributed by atoms with E-state index in [0.29, 0.717) is 24.7 Å². The number of hydrogen-bond donors (Lipinski definition) is 0. The molecule has 0 saturated carbocycles. The molecular formula is C14H17NO4. The van der Waals surface area contributed by atoms with Crippen LogP contribution in [0.5, 0.6) is 11.5 Å². The lowest BCUT2D eigenvalue weighted by Crippen LogP contribution is -2.43. The van der Waals surface area contributed by atoms with Gasteiger partial charge in [-0.15, -0.1) is 0 Å². The number of nitrogens with zero attached hydrogens (tertiary/aromatic N) is 1. The summed E-state index contributed by atoms with van der Waals surface area (Å²) in [6.45, 7) is 1.40. The highest BCUT2D eigenvalue weighted by atomic mass is 16.5. The van der Waals surface area contributed by atoms with Gasteiger partial charge in [-0.2, -0.15) is 0 Å². The van der Waals surface area contributed by atoms with Crippen molar-refractivity contribution in [2.45, 2.75) is 18.6 Å². The lowest BCUT2D eigenvalue weighted by atomic mass is 10.2. The maximum absolute atomic E-state index is 12.1. The normalized spacial score (nSPS) is 24.6. The molecule has 5 nitrogen and oxygen atoms in total. The first-order valence-electron chi connectivity index (χ1n) is 6.45. The molecule has 2 fully saturated rings. The number of carbonyl (C=O) groups is 1. The van der Waals surface area contributed by atoms with Crippen molar-refractivity contribution < 1.29 is 19.0 Å². The van der Waals surface area contributed by atoms with E-state index < -0.39 is 0 Å². The third-order valence-corrected chi connectivity index (χ3v) is 3.64. The summed E-state index contributed by atoms with van der Waals surface area (Å²) in [6, 6.07) is 7.56. The molecule has 19 heavy (non-hydrogen) atoms. The van der Waals surface area contributed by atoms with Crippen LogP contribution in [0.2, 0.25) is 0 Å². The molecule has 0 N–H and O–H groups in total. The molecule has 0 aromatic heterocycles. The van der Waals surface area contributed by atoms with E-state index in [-0.39, 0.29) is 24.7 Å². The second-order valence-electron chi connectivity index (χ2n) is 4.83. The minimum atomic E-state index is 0.0155. The molecule has 2 unspecified atom stereocenters. The lowest BCUT2D eigenvalue weighted by Gasteiger charge is -2.26. The van der Waals surface area contributed by atoms with Crippen LogP contribution in [0.3, 0.4) is 0 Å². The molecule has 102 valence electrons. The Bertz CT molecular complexity index is 476. The third-order valence-electron chi connectivity index (χ3n) is 3.64. The largest absolute Gasteiger partial charge is 0.493 e. The Balaban J connectivity index is 1.59. The third kappa shape index (κ3) is 2.38. The van der Waals surface area contributed by atoms with Crippen molar-refractivity contribution in [1.29, 1.82) is 0 Å². The van der Waals surface area contributed by atoms with E-state index in [1.165, 1.54) is 0 Å². The zero-order valence-electron chi connectivity index (χ0n) is 10.9. The number of hydrogen-bond acceptors (Lipinski definition) is 4. The molecule has 0 spiro atoms. The number of amides is 1. The Morgan fingerprint density at radius 2 is 2.21 bits per heavy atom. The Morgan fingerprint density at radius 1 is 1.42 bits per heavy atom. The van der Waals surface area contributed by atoms with E-state index in [9.17, 15) is 4.79 Å². The molecule has 1 aromatic rings. The molecule has 2 aliphatic heterocycles. The smallest absolute Gasteiger partial charge is 0.260 e. The van der Waals surface area contributed by atoms with Crippen molar-refractivity contribution in [3.8, 4) is 11.5 Å². The summed E-state index contributed by atoms with van der Waals surface area (Å²) in [4.78, 5) is 14.0. The number of ether oxygens (including phenoxy) is 3. The van der Waals surface area contributed by atoms with E-state index in [2.05, 4.69) is 0 Å². The summed E-state index contributed by atoms with van der Waals surface area (Å²) in [5.74, 6) is 1.25. The monoisotopic (exact) mass is 263 g/mol. The van der Waals surface area contributed by atoms with E-state index >= 15 is 0 Å². The minimum Gasteiger partial charge on any atom is -0.493 e. The van der Waals surface area contributed by atoms with Crippen LogP contribution in [-0.2, 0) is 9.53 Å². The SMILES string of the molecule is COc1ccccc1OCC(=O)N1CC2CC1CO2. The number of morpholine rings is 1. The molecule has 1 amide bonds. The quantitative estimate of drug-likeness (QED) is 0.815. The van der Waals surface area contributed by atoms with Crippen LogP contribution >= 0.6 is 0 Å². The summed E-state index contributed by atoms with van der Waals surface area (Å²) >= 11 is 0. The summed E-state index contributed by atoms with van der Waals surface area (Å²) in [5.41, 5.74) is 0. The molecule has 5 heteroatoms.